The first kappa shape index (κ1) is 20.5. The third-order valence-electron chi connectivity index (χ3n) is 6.40. The molecule has 5 nitrogen and oxygen atoms in total. The highest BCUT2D eigenvalue weighted by molar-refractivity contribution is 7.98. The summed E-state index contributed by atoms with van der Waals surface area (Å²) in [5, 5.41) is 0. The summed E-state index contributed by atoms with van der Waals surface area (Å²) < 4.78 is 24.2. The van der Waals surface area contributed by atoms with Crippen molar-refractivity contribution in [1.82, 2.24) is 14.2 Å². The van der Waals surface area contributed by atoms with Crippen LogP contribution in [0.25, 0.3) is 11.3 Å². The number of benzene rings is 2. The van der Waals surface area contributed by atoms with E-state index in [1.807, 2.05) is 24.3 Å². The quantitative estimate of drug-likeness (QED) is 0.520. The Morgan fingerprint density at radius 3 is 2.81 bits per heavy atom. The van der Waals surface area contributed by atoms with Crippen LogP contribution in [-0.4, -0.2) is 45.9 Å². The molecular formula is C24H27FN4OS. The summed E-state index contributed by atoms with van der Waals surface area (Å²) >= 11 is 1.70. The van der Waals surface area contributed by atoms with Gasteiger partial charge in [0.05, 0.1) is 11.2 Å². The summed E-state index contributed by atoms with van der Waals surface area (Å²) in [6.45, 7) is 4.98. The maximum Gasteiger partial charge on any atom is 0.181 e. The lowest BCUT2D eigenvalue weighted by Gasteiger charge is -2.47. The van der Waals surface area contributed by atoms with Crippen LogP contribution in [0.5, 0.6) is 0 Å². The third kappa shape index (κ3) is 3.97. The zero-order valence-electron chi connectivity index (χ0n) is 17.9. The monoisotopic (exact) mass is 438 g/mol. The number of likely N-dealkylation sites (tertiary alicyclic amines) is 1. The summed E-state index contributed by atoms with van der Waals surface area (Å²) in [4.78, 5) is 7.01. The van der Waals surface area contributed by atoms with Crippen LogP contribution in [0, 0.1) is 5.82 Å². The Morgan fingerprint density at radius 2 is 2.03 bits per heavy atom. The second-order valence-electron chi connectivity index (χ2n) is 8.63. The van der Waals surface area contributed by atoms with Crippen LogP contribution in [-0.2, 0) is 6.54 Å². The number of likely N-dealkylation sites (N-methyl/N-ethyl adjacent to an activating group) is 1. The minimum absolute atomic E-state index is 0.00475. The van der Waals surface area contributed by atoms with Crippen molar-refractivity contribution < 1.29 is 8.81 Å². The van der Waals surface area contributed by atoms with Gasteiger partial charge < -0.3 is 4.42 Å². The number of hydrogen-bond acceptors (Lipinski definition) is 6. The number of rotatable bonds is 4. The van der Waals surface area contributed by atoms with Gasteiger partial charge in [-0.3, -0.25) is 9.21 Å². The van der Waals surface area contributed by atoms with Crippen molar-refractivity contribution in [1.29, 1.82) is 0 Å². The highest BCUT2D eigenvalue weighted by atomic mass is 32.2. The fourth-order valence-electron chi connectivity index (χ4n) is 4.97. The van der Waals surface area contributed by atoms with E-state index in [1.165, 1.54) is 6.07 Å². The van der Waals surface area contributed by atoms with Gasteiger partial charge in [0, 0.05) is 43.4 Å². The van der Waals surface area contributed by atoms with Crippen molar-refractivity contribution in [3.05, 3.63) is 72.5 Å². The van der Waals surface area contributed by atoms with E-state index in [0.29, 0.717) is 6.04 Å². The molecule has 5 rings (SSSR count). The van der Waals surface area contributed by atoms with Crippen LogP contribution in [0.15, 0.2) is 65.4 Å². The lowest BCUT2D eigenvalue weighted by Crippen LogP contribution is -2.56. The molecule has 2 saturated heterocycles. The SMILES string of the molecule is C[C@H]1C[C@]2(CCN1Cc1ncoc1-c1ccccc1)CN(C)SN2c1cccc(F)c1. The van der Waals surface area contributed by atoms with Gasteiger partial charge in [-0.1, -0.05) is 36.4 Å². The molecule has 0 amide bonds. The molecule has 0 saturated carbocycles. The number of piperidine rings is 1. The van der Waals surface area contributed by atoms with Crippen molar-refractivity contribution in [3.63, 3.8) is 0 Å². The van der Waals surface area contributed by atoms with Crippen LogP contribution in [0.1, 0.15) is 25.5 Å². The molecular weight excluding hydrogens is 411 g/mol. The van der Waals surface area contributed by atoms with Crippen molar-refractivity contribution in [2.45, 2.75) is 37.9 Å². The third-order valence-corrected chi connectivity index (χ3v) is 7.57. The second kappa shape index (κ2) is 8.30. The van der Waals surface area contributed by atoms with E-state index in [0.717, 1.165) is 55.2 Å². The summed E-state index contributed by atoms with van der Waals surface area (Å²) in [5.74, 6) is 0.665. The van der Waals surface area contributed by atoms with E-state index in [2.05, 4.69) is 44.6 Å². The molecule has 0 radical (unpaired) electrons. The average molecular weight is 439 g/mol. The summed E-state index contributed by atoms with van der Waals surface area (Å²) in [6.07, 6.45) is 3.57. The standard InChI is InChI=1S/C24H27FN4OS/c1-18-14-24(16-27(2)31-29(24)21-10-6-9-20(25)13-21)11-12-28(18)15-22-23(30-17-26-22)19-7-4-3-5-8-19/h3-10,13,17-18H,11-12,14-16H2,1-2H3/t18-,24+/m0/s1. The number of hydrogen-bond donors (Lipinski definition) is 0. The number of anilines is 1. The van der Waals surface area contributed by atoms with Gasteiger partial charge in [0.1, 0.15) is 11.5 Å². The Balaban J connectivity index is 1.34. The molecule has 7 heteroatoms. The van der Waals surface area contributed by atoms with Gasteiger partial charge in [0.25, 0.3) is 0 Å². The maximum absolute atomic E-state index is 13.9. The minimum atomic E-state index is -0.187. The Bertz CT molecular complexity index is 1040. The summed E-state index contributed by atoms with van der Waals surface area (Å²) in [5.41, 5.74) is 2.98. The normalized spacial score (nSPS) is 24.9. The van der Waals surface area contributed by atoms with Gasteiger partial charge in [0.15, 0.2) is 12.2 Å². The molecule has 2 fully saturated rings. The molecule has 0 bridgehead atoms. The van der Waals surface area contributed by atoms with Crippen LogP contribution < -0.4 is 4.31 Å². The number of nitrogens with zero attached hydrogens (tertiary/aromatic N) is 4. The first-order valence-corrected chi connectivity index (χ1v) is 11.4. The molecule has 0 aliphatic carbocycles. The van der Waals surface area contributed by atoms with Crippen molar-refractivity contribution in [2.75, 3.05) is 24.4 Å². The highest BCUT2D eigenvalue weighted by Crippen LogP contribution is 2.47. The van der Waals surface area contributed by atoms with Crippen LogP contribution in [0.2, 0.25) is 0 Å². The first-order chi connectivity index (χ1) is 15.0. The molecule has 0 unspecified atom stereocenters. The summed E-state index contributed by atoms with van der Waals surface area (Å²) in [6, 6.07) is 17.5. The fourth-order valence-corrected chi connectivity index (χ4v) is 6.15. The number of aromatic nitrogens is 1. The van der Waals surface area contributed by atoms with Crippen molar-refractivity contribution >= 4 is 17.8 Å². The predicted octanol–water partition coefficient (Wildman–Crippen LogP) is 5.22. The largest absolute Gasteiger partial charge is 0.443 e. The van der Waals surface area contributed by atoms with Gasteiger partial charge in [-0.2, -0.15) is 0 Å². The van der Waals surface area contributed by atoms with Gasteiger partial charge in [0.2, 0.25) is 0 Å². The van der Waals surface area contributed by atoms with Crippen LogP contribution >= 0.6 is 12.1 Å². The minimum Gasteiger partial charge on any atom is -0.443 e. The van der Waals surface area contributed by atoms with Gasteiger partial charge in [-0.05, 0) is 45.0 Å². The predicted molar refractivity (Wildman–Crippen MR) is 123 cm³/mol. The molecule has 162 valence electrons. The van der Waals surface area contributed by atoms with Crippen LogP contribution in [0.3, 0.4) is 0 Å². The molecule has 3 heterocycles. The van der Waals surface area contributed by atoms with Gasteiger partial charge >= 0.3 is 0 Å². The molecule has 1 spiro atoms. The maximum atomic E-state index is 13.9. The van der Waals surface area contributed by atoms with E-state index in [-0.39, 0.29) is 11.4 Å². The Morgan fingerprint density at radius 1 is 1.19 bits per heavy atom. The molecule has 3 aromatic rings. The number of oxazole rings is 1. The highest BCUT2D eigenvalue weighted by Gasteiger charge is 2.49. The first-order valence-electron chi connectivity index (χ1n) is 10.7. The van der Waals surface area contributed by atoms with E-state index < -0.39 is 0 Å². The van der Waals surface area contributed by atoms with Gasteiger partial charge in [-0.25, -0.2) is 13.7 Å². The molecule has 2 aliphatic rings. The molecule has 0 N–H and O–H groups in total. The Labute approximate surface area is 187 Å². The molecule has 2 aromatic carbocycles. The Hall–Kier alpha value is -2.35. The van der Waals surface area contributed by atoms with E-state index in [9.17, 15) is 4.39 Å². The van der Waals surface area contributed by atoms with Crippen molar-refractivity contribution in [2.24, 2.45) is 0 Å². The molecule has 1 aromatic heterocycles. The van der Waals surface area contributed by atoms with E-state index in [4.69, 9.17) is 4.42 Å². The topological polar surface area (TPSA) is 35.8 Å². The Kier molecular flexibility index (Phi) is 5.50. The smallest absolute Gasteiger partial charge is 0.181 e. The second-order valence-corrected chi connectivity index (χ2v) is 9.79. The summed E-state index contributed by atoms with van der Waals surface area (Å²) in [7, 11) is 2.12. The number of halogens is 1. The molecule has 2 atom stereocenters. The fraction of sp³-hybridized carbons (Fsp3) is 0.375. The van der Waals surface area contributed by atoms with E-state index >= 15 is 0 Å². The van der Waals surface area contributed by atoms with Gasteiger partial charge in [-0.15, -0.1) is 0 Å². The zero-order chi connectivity index (χ0) is 21.4. The van der Waals surface area contributed by atoms with Crippen molar-refractivity contribution in [3.8, 4) is 11.3 Å². The molecule has 2 aliphatic heterocycles. The lowest BCUT2D eigenvalue weighted by molar-refractivity contribution is 0.0994. The zero-order valence-corrected chi connectivity index (χ0v) is 18.7. The lowest BCUT2D eigenvalue weighted by atomic mass is 9.82. The average Bonchev–Trinajstić information content (AvgIpc) is 3.35. The van der Waals surface area contributed by atoms with Crippen LogP contribution in [0.4, 0.5) is 10.1 Å². The molecule has 31 heavy (non-hydrogen) atoms. The van der Waals surface area contributed by atoms with E-state index in [1.54, 1.807) is 30.7 Å².